The van der Waals surface area contributed by atoms with E-state index in [1.54, 1.807) is 0 Å². The first-order valence-corrected chi connectivity index (χ1v) is 12.4. The molecule has 2 aliphatic rings. The van der Waals surface area contributed by atoms with Crippen molar-refractivity contribution in [1.29, 1.82) is 0 Å². The molecule has 0 saturated heterocycles. The first kappa shape index (κ1) is 23.0. The number of carbonyl (C=O) groups excluding carboxylic acids is 2. The van der Waals surface area contributed by atoms with E-state index < -0.39 is 23.5 Å². The average molecular weight is 492 g/mol. The number of carboxylic acid groups (broad SMARTS) is 1. The summed E-state index contributed by atoms with van der Waals surface area (Å²) in [6.07, 6.45) is 2.23. The molecule has 2 amide bonds. The van der Waals surface area contributed by atoms with E-state index in [1.165, 1.54) is 5.38 Å². The number of aromatic nitrogens is 1. The predicted octanol–water partition coefficient (Wildman–Crippen LogP) is 5.02. The SMILES string of the molecule is O=C(O)CC1(NC(=O)c2csc(NC(=O)OCC3c4ccccc4-c4ccccc43)n2)CCCC1. The van der Waals surface area contributed by atoms with Crippen molar-refractivity contribution in [3.63, 3.8) is 0 Å². The van der Waals surface area contributed by atoms with Gasteiger partial charge in [0.2, 0.25) is 0 Å². The van der Waals surface area contributed by atoms with Crippen LogP contribution in [-0.4, -0.2) is 40.2 Å². The summed E-state index contributed by atoms with van der Waals surface area (Å²) in [6.45, 7) is 0.177. The van der Waals surface area contributed by atoms with Gasteiger partial charge in [-0.3, -0.25) is 14.9 Å². The molecule has 1 saturated carbocycles. The van der Waals surface area contributed by atoms with Gasteiger partial charge in [0.1, 0.15) is 12.3 Å². The Morgan fingerprint density at radius 3 is 2.29 bits per heavy atom. The third-order valence-corrected chi connectivity index (χ3v) is 7.48. The van der Waals surface area contributed by atoms with E-state index in [0.717, 1.165) is 46.4 Å². The summed E-state index contributed by atoms with van der Waals surface area (Å²) >= 11 is 1.11. The van der Waals surface area contributed by atoms with Gasteiger partial charge in [0, 0.05) is 11.3 Å². The Kier molecular flexibility index (Phi) is 6.25. The predicted molar refractivity (Wildman–Crippen MR) is 132 cm³/mol. The molecule has 0 radical (unpaired) electrons. The molecule has 0 spiro atoms. The Hall–Kier alpha value is -3.72. The molecule has 0 unspecified atom stereocenters. The fraction of sp³-hybridized carbons (Fsp3) is 0.308. The molecule has 5 rings (SSSR count). The van der Waals surface area contributed by atoms with Crippen LogP contribution in [0, 0.1) is 0 Å². The summed E-state index contributed by atoms with van der Waals surface area (Å²) in [5.41, 5.74) is 3.94. The topological polar surface area (TPSA) is 118 Å². The molecule has 9 heteroatoms. The molecule has 2 aromatic carbocycles. The first-order valence-electron chi connectivity index (χ1n) is 11.6. The van der Waals surface area contributed by atoms with Crippen LogP contribution in [0.4, 0.5) is 9.93 Å². The van der Waals surface area contributed by atoms with E-state index in [1.807, 2.05) is 24.3 Å². The smallest absolute Gasteiger partial charge is 0.413 e. The Bertz CT molecular complexity index is 1240. The highest BCUT2D eigenvalue weighted by atomic mass is 32.1. The van der Waals surface area contributed by atoms with Crippen molar-refractivity contribution < 1.29 is 24.2 Å². The summed E-state index contributed by atoms with van der Waals surface area (Å²) in [5, 5.41) is 16.5. The lowest BCUT2D eigenvalue weighted by molar-refractivity contribution is -0.138. The van der Waals surface area contributed by atoms with E-state index in [9.17, 15) is 19.5 Å². The fourth-order valence-electron chi connectivity index (χ4n) is 5.15. The van der Waals surface area contributed by atoms with Crippen LogP contribution in [-0.2, 0) is 9.53 Å². The van der Waals surface area contributed by atoms with Gasteiger partial charge >= 0.3 is 12.1 Å². The van der Waals surface area contributed by atoms with Gasteiger partial charge in [-0.25, -0.2) is 9.78 Å². The minimum atomic E-state index is -0.942. The number of nitrogens with one attached hydrogen (secondary N) is 2. The lowest BCUT2D eigenvalue weighted by Gasteiger charge is -2.28. The number of ether oxygens (including phenoxy) is 1. The zero-order valence-electron chi connectivity index (χ0n) is 19.0. The highest BCUT2D eigenvalue weighted by Crippen LogP contribution is 2.44. The van der Waals surface area contributed by atoms with Gasteiger partial charge in [-0.2, -0.15) is 0 Å². The summed E-state index contributed by atoms with van der Waals surface area (Å²) in [5.74, 6) is -1.43. The molecular formula is C26H25N3O5S. The average Bonchev–Trinajstić information content (AvgIpc) is 3.56. The number of carboxylic acids is 1. The molecule has 1 aromatic heterocycles. The number of thiazole rings is 1. The normalized spacial score (nSPS) is 15.8. The highest BCUT2D eigenvalue weighted by Gasteiger charge is 2.38. The van der Waals surface area contributed by atoms with Crippen molar-refractivity contribution >= 4 is 34.4 Å². The number of carbonyl (C=O) groups is 3. The molecule has 0 atom stereocenters. The quantitative estimate of drug-likeness (QED) is 0.427. The number of anilines is 1. The molecule has 1 fully saturated rings. The van der Waals surface area contributed by atoms with Crippen LogP contribution in [0.2, 0.25) is 0 Å². The largest absolute Gasteiger partial charge is 0.481 e. The molecule has 2 aliphatic carbocycles. The summed E-state index contributed by atoms with van der Waals surface area (Å²) in [7, 11) is 0. The Balaban J connectivity index is 1.20. The summed E-state index contributed by atoms with van der Waals surface area (Å²) in [4.78, 5) is 40.7. The van der Waals surface area contributed by atoms with Crippen LogP contribution in [0.3, 0.4) is 0 Å². The molecule has 3 aromatic rings. The second-order valence-electron chi connectivity index (χ2n) is 9.00. The van der Waals surface area contributed by atoms with Crippen molar-refractivity contribution in [2.24, 2.45) is 0 Å². The molecule has 180 valence electrons. The molecule has 3 N–H and O–H groups in total. The molecule has 0 bridgehead atoms. The highest BCUT2D eigenvalue weighted by molar-refractivity contribution is 7.14. The number of amides is 2. The minimum absolute atomic E-state index is 0.0531. The van der Waals surface area contributed by atoms with E-state index in [-0.39, 0.29) is 29.8 Å². The standard InChI is InChI=1S/C26H25N3O5S/c30-22(31)13-26(11-5-6-12-26)29-23(32)21-15-35-24(27-21)28-25(33)34-14-20-18-9-3-1-7-16(18)17-8-2-4-10-19(17)20/h1-4,7-10,15,20H,5-6,11-14H2,(H,29,32)(H,30,31)(H,27,28,33). The van der Waals surface area contributed by atoms with Crippen molar-refractivity contribution in [1.82, 2.24) is 10.3 Å². The van der Waals surface area contributed by atoms with Crippen molar-refractivity contribution in [3.8, 4) is 11.1 Å². The Morgan fingerprint density at radius 2 is 1.66 bits per heavy atom. The van der Waals surface area contributed by atoms with Gasteiger partial charge in [0.25, 0.3) is 5.91 Å². The third kappa shape index (κ3) is 4.77. The molecule has 35 heavy (non-hydrogen) atoms. The molecule has 0 aliphatic heterocycles. The van der Waals surface area contributed by atoms with E-state index in [0.29, 0.717) is 12.8 Å². The maximum absolute atomic E-state index is 12.7. The van der Waals surface area contributed by atoms with Crippen molar-refractivity contribution in [2.45, 2.75) is 43.6 Å². The van der Waals surface area contributed by atoms with Crippen LogP contribution < -0.4 is 10.6 Å². The zero-order valence-corrected chi connectivity index (χ0v) is 19.8. The van der Waals surface area contributed by atoms with Crippen LogP contribution in [0.15, 0.2) is 53.9 Å². The van der Waals surface area contributed by atoms with E-state index in [2.05, 4.69) is 39.9 Å². The number of rotatable bonds is 7. The number of hydrogen-bond acceptors (Lipinski definition) is 6. The van der Waals surface area contributed by atoms with Crippen LogP contribution in [0.25, 0.3) is 11.1 Å². The van der Waals surface area contributed by atoms with Crippen LogP contribution in [0.1, 0.15) is 59.6 Å². The maximum atomic E-state index is 12.7. The monoisotopic (exact) mass is 491 g/mol. The number of benzene rings is 2. The van der Waals surface area contributed by atoms with Crippen LogP contribution >= 0.6 is 11.3 Å². The van der Waals surface area contributed by atoms with Gasteiger partial charge in [-0.05, 0) is 35.1 Å². The second-order valence-corrected chi connectivity index (χ2v) is 9.86. The fourth-order valence-corrected chi connectivity index (χ4v) is 5.83. The van der Waals surface area contributed by atoms with Crippen molar-refractivity contribution in [2.75, 3.05) is 11.9 Å². The lowest BCUT2D eigenvalue weighted by Crippen LogP contribution is -2.47. The Labute approximate surface area is 206 Å². The van der Waals surface area contributed by atoms with Gasteiger partial charge < -0.3 is 15.2 Å². The van der Waals surface area contributed by atoms with Gasteiger partial charge in [-0.1, -0.05) is 61.4 Å². The lowest BCUT2D eigenvalue weighted by atomic mass is 9.93. The maximum Gasteiger partial charge on any atom is 0.413 e. The first-order chi connectivity index (χ1) is 16.9. The van der Waals surface area contributed by atoms with Crippen LogP contribution in [0.5, 0.6) is 0 Å². The Morgan fingerprint density at radius 1 is 1.03 bits per heavy atom. The van der Waals surface area contributed by atoms with Gasteiger partial charge in [0.15, 0.2) is 5.13 Å². The third-order valence-electron chi connectivity index (χ3n) is 6.72. The minimum Gasteiger partial charge on any atom is -0.481 e. The van der Waals surface area contributed by atoms with E-state index >= 15 is 0 Å². The summed E-state index contributed by atoms with van der Waals surface area (Å²) in [6, 6.07) is 16.2. The number of aliphatic carboxylic acids is 1. The molecule has 1 heterocycles. The van der Waals surface area contributed by atoms with Gasteiger partial charge in [0.05, 0.1) is 12.0 Å². The number of fused-ring (bicyclic) bond motifs is 3. The number of hydrogen-bond donors (Lipinski definition) is 3. The van der Waals surface area contributed by atoms with E-state index in [4.69, 9.17) is 4.74 Å². The number of nitrogens with zero attached hydrogens (tertiary/aromatic N) is 1. The molecular weight excluding hydrogens is 466 g/mol. The molecule has 8 nitrogen and oxygen atoms in total. The van der Waals surface area contributed by atoms with Gasteiger partial charge in [-0.15, -0.1) is 11.3 Å². The van der Waals surface area contributed by atoms with Crippen molar-refractivity contribution in [3.05, 3.63) is 70.7 Å². The second kappa shape index (κ2) is 9.50. The zero-order chi connectivity index (χ0) is 24.4. The summed E-state index contributed by atoms with van der Waals surface area (Å²) < 4.78 is 5.53.